The third kappa shape index (κ3) is 4.22. The second kappa shape index (κ2) is 6.57. The molecule has 0 saturated heterocycles. The zero-order valence-corrected chi connectivity index (χ0v) is 12.9. The van der Waals surface area contributed by atoms with E-state index < -0.39 is 26.8 Å². The minimum absolute atomic E-state index is 0.112. The van der Waals surface area contributed by atoms with Crippen molar-refractivity contribution in [3.63, 3.8) is 0 Å². The van der Waals surface area contributed by atoms with E-state index in [1.807, 2.05) is 6.08 Å². The van der Waals surface area contributed by atoms with Gasteiger partial charge in [-0.25, -0.2) is 13.1 Å². The average molecular weight is 355 g/mol. The van der Waals surface area contributed by atoms with Crippen LogP contribution in [0.3, 0.4) is 0 Å². The Bertz CT molecular complexity index is 687. The molecule has 122 valence electrons. The van der Waals surface area contributed by atoms with Gasteiger partial charge in [0, 0.05) is 13.1 Å². The molecule has 1 aliphatic rings. The van der Waals surface area contributed by atoms with E-state index in [9.17, 15) is 21.6 Å². The maximum atomic E-state index is 12.5. The molecule has 9 heteroatoms. The van der Waals surface area contributed by atoms with Gasteiger partial charge in [-0.15, -0.1) is 0 Å². The van der Waals surface area contributed by atoms with Crippen molar-refractivity contribution in [2.45, 2.75) is 17.5 Å². The van der Waals surface area contributed by atoms with Crippen LogP contribution in [0.5, 0.6) is 0 Å². The molecule has 1 heterocycles. The van der Waals surface area contributed by atoms with Crippen LogP contribution < -0.4 is 10.0 Å². The molecule has 0 saturated carbocycles. The predicted molar refractivity (Wildman–Crippen MR) is 77.2 cm³/mol. The quantitative estimate of drug-likeness (QED) is 0.817. The number of hydrogen-bond donors (Lipinski definition) is 2. The lowest BCUT2D eigenvalue weighted by Gasteiger charge is -2.15. The van der Waals surface area contributed by atoms with E-state index in [4.69, 9.17) is 11.6 Å². The molecule has 0 amide bonds. The third-order valence-corrected chi connectivity index (χ3v) is 5.08. The largest absolute Gasteiger partial charge is 0.416 e. The first-order chi connectivity index (χ1) is 10.2. The second-order valence-electron chi connectivity index (χ2n) is 4.78. The van der Waals surface area contributed by atoms with E-state index in [1.54, 1.807) is 0 Å². The number of benzene rings is 1. The minimum atomic E-state index is -4.57. The van der Waals surface area contributed by atoms with E-state index in [0.717, 1.165) is 18.2 Å². The van der Waals surface area contributed by atoms with Crippen LogP contribution in [-0.4, -0.2) is 28.1 Å². The maximum Gasteiger partial charge on any atom is 0.416 e. The maximum absolute atomic E-state index is 12.5. The van der Waals surface area contributed by atoms with E-state index in [0.29, 0.717) is 25.1 Å². The Kier molecular flexibility index (Phi) is 5.16. The third-order valence-electron chi connectivity index (χ3n) is 3.20. The van der Waals surface area contributed by atoms with Crippen LogP contribution in [-0.2, 0) is 16.2 Å². The Morgan fingerprint density at radius 3 is 2.59 bits per heavy atom. The monoisotopic (exact) mass is 354 g/mol. The Hall–Kier alpha value is -1.09. The van der Waals surface area contributed by atoms with Crippen LogP contribution in [0, 0.1) is 0 Å². The van der Waals surface area contributed by atoms with Crippen LogP contribution in [0.4, 0.5) is 13.2 Å². The molecule has 1 aromatic rings. The van der Waals surface area contributed by atoms with Gasteiger partial charge < -0.3 is 5.32 Å². The molecule has 0 spiro atoms. The van der Waals surface area contributed by atoms with E-state index >= 15 is 0 Å². The molecular formula is C13H14ClF3N2O2S. The lowest BCUT2D eigenvalue weighted by atomic mass is 10.1. The van der Waals surface area contributed by atoms with Crippen LogP contribution in [0.2, 0.25) is 5.02 Å². The Morgan fingerprint density at radius 2 is 2.05 bits per heavy atom. The molecule has 0 bridgehead atoms. The van der Waals surface area contributed by atoms with E-state index in [1.165, 1.54) is 0 Å². The first kappa shape index (κ1) is 17.3. The Labute approximate surface area is 131 Å². The summed E-state index contributed by atoms with van der Waals surface area (Å²) in [6.45, 7) is 1.54. The van der Waals surface area contributed by atoms with Gasteiger partial charge in [-0.2, -0.15) is 13.2 Å². The molecular weight excluding hydrogens is 341 g/mol. The lowest BCUT2D eigenvalue weighted by Crippen LogP contribution is -2.30. The molecule has 0 radical (unpaired) electrons. The van der Waals surface area contributed by atoms with Crippen LogP contribution in [0.15, 0.2) is 34.7 Å². The number of nitrogens with one attached hydrogen (secondary N) is 2. The fraction of sp³-hybridized carbons (Fsp3) is 0.385. The van der Waals surface area contributed by atoms with Crippen molar-refractivity contribution < 1.29 is 21.6 Å². The summed E-state index contributed by atoms with van der Waals surface area (Å²) in [5.74, 6) is 0. The number of sulfonamides is 1. The van der Waals surface area contributed by atoms with Gasteiger partial charge in [-0.3, -0.25) is 0 Å². The molecule has 0 atom stereocenters. The average Bonchev–Trinajstić information content (AvgIpc) is 2.45. The Morgan fingerprint density at radius 1 is 1.32 bits per heavy atom. The fourth-order valence-electron chi connectivity index (χ4n) is 1.99. The zero-order chi connectivity index (χ0) is 16.4. The topological polar surface area (TPSA) is 58.2 Å². The van der Waals surface area contributed by atoms with Crippen molar-refractivity contribution in [1.29, 1.82) is 0 Å². The van der Waals surface area contributed by atoms with Crippen molar-refractivity contribution in [1.82, 2.24) is 10.0 Å². The highest BCUT2D eigenvalue weighted by molar-refractivity contribution is 7.89. The molecule has 0 aliphatic carbocycles. The summed E-state index contributed by atoms with van der Waals surface area (Å²) in [5, 5.41) is 2.63. The van der Waals surface area contributed by atoms with Crippen LogP contribution in [0.25, 0.3) is 0 Å². The molecule has 2 rings (SSSR count). The molecule has 1 aromatic carbocycles. The standard InChI is InChI=1S/C13H14ClF3N2O2S/c14-11-7-10(13(15,16)17)1-2-12(11)22(20,21)19-8-9-3-5-18-6-4-9/h1-3,7,18-19H,4-6,8H2. The molecule has 2 N–H and O–H groups in total. The van der Waals surface area contributed by atoms with E-state index in [-0.39, 0.29) is 11.4 Å². The van der Waals surface area contributed by atoms with Gasteiger partial charge in [0.1, 0.15) is 4.90 Å². The summed E-state index contributed by atoms with van der Waals surface area (Å²) in [7, 11) is -3.96. The lowest BCUT2D eigenvalue weighted by molar-refractivity contribution is -0.137. The van der Waals surface area contributed by atoms with Gasteiger partial charge >= 0.3 is 6.18 Å². The van der Waals surface area contributed by atoms with Crippen molar-refractivity contribution in [3.05, 3.63) is 40.4 Å². The van der Waals surface area contributed by atoms with Crippen LogP contribution >= 0.6 is 11.6 Å². The molecule has 22 heavy (non-hydrogen) atoms. The number of alkyl halides is 3. The molecule has 0 fully saturated rings. The van der Waals surface area contributed by atoms with Gasteiger partial charge in [-0.1, -0.05) is 23.3 Å². The molecule has 0 unspecified atom stereocenters. The zero-order valence-electron chi connectivity index (χ0n) is 11.4. The highest BCUT2D eigenvalue weighted by atomic mass is 35.5. The summed E-state index contributed by atoms with van der Waals surface area (Å²) in [6.07, 6.45) is -1.98. The summed E-state index contributed by atoms with van der Waals surface area (Å²) in [5.41, 5.74) is -0.0668. The summed E-state index contributed by atoms with van der Waals surface area (Å²) in [6, 6.07) is 2.18. The molecule has 4 nitrogen and oxygen atoms in total. The predicted octanol–water partition coefficient (Wildman–Crippen LogP) is 2.56. The van der Waals surface area contributed by atoms with Crippen molar-refractivity contribution in [2.75, 3.05) is 19.6 Å². The van der Waals surface area contributed by atoms with Gasteiger partial charge in [0.25, 0.3) is 0 Å². The van der Waals surface area contributed by atoms with Gasteiger partial charge in [0.05, 0.1) is 10.6 Å². The van der Waals surface area contributed by atoms with E-state index in [2.05, 4.69) is 10.0 Å². The molecule has 0 aromatic heterocycles. The highest BCUT2D eigenvalue weighted by Gasteiger charge is 2.32. The second-order valence-corrected chi connectivity index (χ2v) is 6.93. The van der Waals surface area contributed by atoms with Crippen molar-refractivity contribution in [2.24, 2.45) is 0 Å². The van der Waals surface area contributed by atoms with Crippen molar-refractivity contribution >= 4 is 21.6 Å². The number of rotatable bonds is 4. The summed E-state index contributed by atoms with van der Waals surface area (Å²) < 4.78 is 64.3. The first-order valence-corrected chi connectivity index (χ1v) is 8.31. The van der Waals surface area contributed by atoms with Gasteiger partial charge in [-0.05, 0) is 31.2 Å². The normalized spacial score (nSPS) is 16.5. The SMILES string of the molecule is O=S(=O)(NCC1=CCNCC1)c1ccc(C(F)(F)F)cc1Cl. The number of hydrogen-bond acceptors (Lipinski definition) is 3. The smallest absolute Gasteiger partial charge is 0.313 e. The summed E-state index contributed by atoms with van der Waals surface area (Å²) >= 11 is 5.70. The number of halogens is 4. The Balaban J connectivity index is 2.17. The van der Waals surface area contributed by atoms with Crippen LogP contribution in [0.1, 0.15) is 12.0 Å². The van der Waals surface area contributed by atoms with Crippen molar-refractivity contribution in [3.8, 4) is 0 Å². The fourth-order valence-corrected chi connectivity index (χ4v) is 3.57. The summed E-state index contributed by atoms with van der Waals surface area (Å²) in [4.78, 5) is -0.364. The minimum Gasteiger partial charge on any atom is -0.313 e. The first-order valence-electron chi connectivity index (χ1n) is 6.45. The molecule has 1 aliphatic heterocycles. The highest BCUT2D eigenvalue weighted by Crippen LogP contribution is 2.33. The van der Waals surface area contributed by atoms with Gasteiger partial charge in [0.15, 0.2) is 0 Å². The van der Waals surface area contributed by atoms with Gasteiger partial charge in [0.2, 0.25) is 10.0 Å².